The lowest BCUT2D eigenvalue weighted by atomic mass is 10.2. The first kappa shape index (κ1) is 14.1. The lowest BCUT2D eigenvalue weighted by Gasteiger charge is -2.17. The second kappa shape index (κ2) is 4.64. The van der Waals surface area contributed by atoms with Gasteiger partial charge in [0.25, 0.3) is 0 Å². The first-order chi connectivity index (χ1) is 8.69. The maximum Gasteiger partial charge on any atom is 0.586 e. The summed E-state index contributed by atoms with van der Waals surface area (Å²) in [5, 5.41) is 0. The fourth-order valence-electron chi connectivity index (χ4n) is 1.35. The topological polar surface area (TPSA) is 53.9 Å². The summed E-state index contributed by atoms with van der Waals surface area (Å²) in [6.45, 7) is 5.30. The number of hydrogen-bond donors (Lipinski definition) is 0. The van der Waals surface area contributed by atoms with Crippen LogP contribution in [0.15, 0.2) is 22.6 Å². The van der Waals surface area contributed by atoms with Crippen molar-refractivity contribution in [3.8, 4) is 11.5 Å². The molecule has 1 aliphatic rings. The van der Waals surface area contributed by atoms with Gasteiger partial charge in [0, 0.05) is 5.56 Å². The van der Waals surface area contributed by atoms with Crippen molar-refractivity contribution in [1.82, 2.24) is 0 Å². The molecule has 0 aliphatic carbocycles. The minimum atomic E-state index is -3.67. The van der Waals surface area contributed by atoms with Gasteiger partial charge in [-0.1, -0.05) is 10.5 Å². The van der Waals surface area contributed by atoms with Gasteiger partial charge in [-0.05, 0) is 32.9 Å². The highest BCUT2D eigenvalue weighted by molar-refractivity contribution is 7.91. The van der Waals surface area contributed by atoms with E-state index in [9.17, 15) is 13.3 Å². The smallest absolute Gasteiger partial charge is 0.586 e. The molecular formula is C12H13F2NO3S. The van der Waals surface area contributed by atoms with Crippen LogP contribution in [0.1, 0.15) is 26.3 Å². The van der Waals surface area contributed by atoms with Gasteiger partial charge in [-0.3, -0.25) is 0 Å². The van der Waals surface area contributed by atoms with E-state index in [1.807, 2.05) is 0 Å². The summed E-state index contributed by atoms with van der Waals surface area (Å²) in [5.41, 5.74) is 0.298. The van der Waals surface area contributed by atoms with Crippen LogP contribution in [0.5, 0.6) is 11.5 Å². The maximum absolute atomic E-state index is 13.0. The Bertz CT molecular complexity index is 514. The van der Waals surface area contributed by atoms with Crippen LogP contribution in [-0.2, 0) is 11.4 Å². The molecule has 2 rings (SSSR count). The summed E-state index contributed by atoms with van der Waals surface area (Å²) in [4.78, 5) is 0. The SMILES string of the molecule is CC(C)(C)[S+]([O-])/N=C/c1cccc2c1OC(F)(F)O2. The average Bonchev–Trinajstić information content (AvgIpc) is 2.58. The van der Waals surface area contributed by atoms with Crippen LogP contribution in [0, 0.1) is 0 Å². The first-order valence-corrected chi connectivity index (χ1v) is 6.65. The van der Waals surface area contributed by atoms with E-state index in [-0.39, 0.29) is 11.5 Å². The van der Waals surface area contributed by atoms with Gasteiger partial charge in [0.1, 0.15) is 16.1 Å². The Hall–Kier alpha value is -1.34. The minimum absolute atomic E-state index is 0.0597. The molecule has 7 heteroatoms. The van der Waals surface area contributed by atoms with Gasteiger partial charge in [-0.15, -0.1) is 8.78 Å². The molecule has 0 bridgehead atoms. The molecule has 1 unspecified atom stereocenters. The van der Waals surface area contributed by atoms with E-state index < -0.39 is 22.4 Å². The van der Waals surface area contributed by atoms with Crippen molar-refractivity contribution in [2.75, 3.05) is 0 Å². The van der Waals surface area contributed by atoms with E-state index in [2.05, 4.69) is 13.9 Å². The Labute approximate surface area is 112 Å². The van der Waals surface area contributed by atoms with Gasteiger partial charge >= 0.3 is 6.29 Å². The Kier molecular flexibility index (Phi) is 3.44. The van der Waals surface area contributed by atoms with E-state index in [1.54, 1.807) is 20.8 Å². The van der Waals surface area contributed by atoms with E-state index >= 15 is 0 Å². The summed E-state index contributed by atoms with van der Waals surface area (Å²) < 4.78 is 49.7. The number of rotatable bonds is 2. The molecule has 0 saturated heterocycles. The highest BCUT2D eigenvalue weighted by Crippen LogP contribution is 2.42. The third-order valence-electron chi connectivity index (χ3n) is 2.27. The molecule has 0 spiro atoms. The van der Waals surface area contributed by atoms with E-state index in [1.165, 1.54) is 24.4 Å². The summed E-state index contributed by atoms with van der Waals surface area (Å²) >= 11 is -1.47. The second-order valence-electron chi connectivity index (χ2n) is 4.94. The fourth-order valence-corrected chi connectivity index (χ4v) is 1.88. The monoisotopic (exact) mass is 289 g/mol. The molecule has 1 aliphatic heterocycles. The van der Waals surface area contributed by atoms with Crippen LogP contribution in [-0.4, -0.2) is 21.8 Å². The molecule has 0 saturated carbocycles. The number of halogens is 2. The summed E-state index contributed by atoms with van der Waals surface area (Å²) in [6, 6.07) is 4.44. The molecule has 0 N–H and O–H groups in total. The molecule has 0 aromatic heterocycles. The Morgan fingerprint density at radius 2 is 2.00 bits per heavy atom. The van der Waals surface area contributed by atoms with Crippen molar-refractivity contribution in [1.29, 1.82) is 0 Å². The fraction of sp³-hybridized carbons (Fsp3) is 0.417. The molecule has 1 heterocycles. The van der Waals surface area contributed by atoms with E-state index in [4.69, 9.17) is 0 Å². The van der Waals surface area contributed by atoms with Crippen molar-refractivity contribution < 1.29 is 22.8 Å². The summed E-state index contributed by atoms with van der Waals surface area (Å²) in [5.74, 6) is -0.155. The Morgan fingerprint density at radius 3 is 2.63 bits per heavy atom. The minimum Gasteiger partial charge on any atom is -0.591 e. The molecule has 1 aromatic carbocycles. The average molecular weight is 289 g/mol. The number of hydrogen-bond acceptors (Lipinski definition) is 4. The molecule has 0 amide bonds. The van der Waals surface area contributed by atoms with Crippen LogP contribution in [0.3, 0.4) is 0 Å². The third-order valence-corrected chi connectivity index (χ3v) is 3.62. The van der Waals surface area contributed by atoms with E-state index in [0.29, 0.717) is 5.56 Å². The number of benzene rings is 1. The zero-order chi connectivity index (χ0) is 14.3. The van der Waals surface area contributed by atoms with Crippen LogP contribution < -0.4 is 9.47 Å². The maximum atomic E-state index is 13.0. The lowest BCUT2D eigenvalue weighted by Crippen LogP contribution is -2.26. The lowest BCUT2D eigenvalue weighted by molar-refractivity contribution is -0.286. The van der Waals surface area contributed by atoms with Gasteiger partial charge in [0.15, 0.2) is 11.5 Å². The van der Waals surface area contributed by atoms with Crippen molar-refractivity contribution in [2.45, 2.75) is 31.8 Å². The molecular weight excluding hydrogens is 276 g/mol. The molecule has 1 atom stereocenters. The Morgan fingerprint density at radius 1 is 1.32 bits per heavy atom. The summed E-state index contributed by atoms with van der Waals surface area (Å²) in [7, 11) is 0. The number of fused-ring (bicyclic) bond motifs is 1. The van der Waals surface area contributed by atoms with E-state index in [0.717, 1.165) is 0 Å². The highest BCUT2D eigenvalue weighted by Gasteiger charge is 2.44. The van der Waals surface area contributed by atoms with Gasteiger partial charge in [0.05, 0.1) is 6.21 Å². The summed E-state index contributed by atoms with van der Waals surface area (Å²) in [6.07, 6.45) is -2.42. The number of para-hydroxylation sites is 1. The highest BCUT2D eigenvalue weighted by atomic mass is 32.2. The van der Waals surface area contributed by atoms with Crippen LogP contribution >= 0.6 is 0 Å². The predicted molar refractivity (Wildman–Crippen MR) is 68.1 cm³/mol. The molecule has 0 radical (unpaired) electrons. The van der Waals surface area contributed by atoms with Crippen molar-refractivity contribution >= 4 is 17.6 Å². The zero-order valence-corrected chi connectivity index (χ0v) is 11.5. The molecule has 104 valence electrons. The molecule has 19 heavy (non-hydrogen) atoms. The van der Waals surface area contributed by atoms with Crippen molar-refractivity contribution in [3.05, 3.63) is 23.8 Å². The predicted octanol–water partition coefficient (Wildman–Crippen LogP) is 2.89. The van der Waals surface area contributed by atoms with Crippen LogP contribution in [0.4, 0.5) is 8.78 Å². The molecule has 1 aromatic rings. The van der Waals surface area contributed by atoms with Crippen LogP contribution in [0.2, 0.25) is 0 Å². The van der Waals surface area contributed by atoms with Crippen molar-refractivity contribution in [3.63, 3.8) is 0 Å². The number of ether oxygens (including phenoxy) is 2. The third kappa shape index (κ3) is 3.16. The standard InChI is InChI=1S/C12H13F2NO3S/c1-11(2,3)19(16)15-7-8-5-4-6-9-10(8)18-12(13,14)17-9/h4-7H,1-3H3/b15-7+. The second-order valence-corrected chi connectivity index (χ2v) is 6.87. The first-order valence-electron chi connectivity index (χ1n) is 5.54. The normalized spacial score (nSPS) is 18.8. The number of alkyl halides is 2. The zero-order valence-electron chi connectivity index (χ0n) is 10.6. The largest absolute Gasteiger partial charge is 0.591 e. The Balaban J connectivity index is 2.25. The number of nitrogens with zero attached hydrogens (tertiary/aromatic N) is 1. The van der Waals surface area contributed by atoms with Gasteiger partial charge in [-0.2, -0.15) is 0 Å². The van der Waals surface area contributed by atoms with Crippen LogP contribution in [0.25, 0.3) is 0 Å². The molecule has 0 fully saturated rings. The van der Waals surface area contributed by atoms with Gasteiger partial charge < -0.3 is 14.0 Å². The van der Waals surface area contributed by atoms with Gasteiger partial charge in [-0.25, -0.2) is 0 Å². The quantitative estimate of drug-likeness (QED) is 0.621. The van der Waals surface area contributed by atoms with Crippen molar-refractivity contribution in [2.24, 2.45) is 4.40 Å². The van der Waals surface area contributed by atoms with Gasteiger partial charge in [0.2, 0.25) is 0 Å². The molecule has 4 nitrogen and oxygen atoms in total.